The molecule has 0 aliphatic heterocycles. The van der Waals surface area contributed by atoms with Crippen molar-refractivity contribution < 1.29 is 0 Å². The summed E-state index contributed by atoms with van der Waals surface area (Å²) >= 11 is 0. The van der Waals surface area contributed by atoms with E-state index in [0.717, 1.165) is 0 Å². The molecule has 19 heavy (non-hydrogen) atoms. The van der Waals surface area contributed by atoms with E-state index in [4.69, 9.17) is 0 Å². The molecule has 0 amide bonds. The molecule has 0 aromatic heterocycles. The first-order valence-electron chi connectivity index (χ1n) is 7.79. The quantitative estimate of drug-likeness (QED) is 0.672. The van der Waals surface area contributed by atoms with Crippen LogP contribution in [0, 0.1) is 6.92 Å². The lowest BCUT2D eigenvalue weighted by Crippen LogP contribution is -2.04. The third-order valence-electron chi connectivity index (χ3n) is 2.84. The van der Waals surface area contributed by atoms with Crippen molar-refractivity contribution in [2.24, 2.45) is 0 Å². The minimum atomic E-state index is 0.574. The zero-order chi connectivity index (χ0) is 15.6. The van der Waals surface area contributed by atoms with E-state index in [-0.39, 0.29) is 0 Å². The van der Waals surface area contributed by atoms with Gasteiger partial charge in [-0.2, -0.15) is 0 Å². The monoisotopic (exact) mass is 265 g/mol. The van der Waals surface area contributed by atoms with Crippen molar-refractivity contribution in [1.29, 1.82) is 0 Å². The molecule has 112 valence electrons. The molecule has 0 aliphatic carbocycles. The molecule has 0 saturated heterocycles. The number of aryl methyl sites for hydroxylation is 1. The van der Waals surface area contributed by atoms with Crippen LogP contribution in [0.3, 0.4) is 0 Å². The summed E-state index contributed by atoms with van der Waals surface area (Å²) in [7, 11) is 2.02. The fourth-order valence-corrected chi connectivity index (χ4v) is 2.04. The molecule has 0 saturated carbocycles. The van der Waals surface area contributed by atoms with Gasteiger partial charge in [0.2, 0.25) is 0 Å². The molecule has 1 nitrogen and oxygen atoms in total. The van der Waals surface area contributed by atoms with Crippen LogP contribution in [-0.2, 0) is 0 Å². The van der Waals surface area contributed by atoms with E-state index in [1.807, 2.05) is 34.7 Å². The fourth-order valence-electron chi connectivity index (χ4n) is 2.04. The zero-order valence-corrected chi connectivity index (χ0v) is 14.8. The molecule has 1 aromatic rings. The molecule has 0 unspecified atom stereocenters. The Bertz CT molecular complexity index is 309. The highest BCUT2D eigenvalue weighted by molar-refractivity contribution is 5.61. The summed E-state index contributed by atoms with van der Waals surface area (Å²) in [6.07, 6.45) is 0. The highest BCUT2D eigenvalue weighted by Gasteiger charge is 2.13. The first kappa shape index (κ1) is 20.3. The van der Waals surface area contributed by atoms with Gasteiger partial charge in [0.25, 0.3) is 0 Å². The molecule has 0 fully saturated rings. The van der Waals surface area contributed by atoms with E-state index in [1.165, 1.54) is 22.4 Å². The van der Waals surface area contributed by atoms with Gasteiger partial charge in [-0.05, 0) is 29.9 Å². The Morgan fingerprint density at radius 2 is 1.11 bits per heavy atom. The van der Waals surface area contributed by atoms with Crippen LogP contribution in [0.2, 0.25) is 0 Å². The van der Waals surface area contributed by atoms with Gasteiger partial charge in [0.1, 0.15) is 0 Å². The Balaban J connectivity index is 0. The molecule has 0 bridgehead atoms. The van der Waals surface area contributed by atoms with Crippen LogP contribution in [-0.4, -0.2) is 7.05 Å². The predicted molar refractivity (Wildman–Crippen MR) is 91.6 cm³/mol. The van der Waals surface area contributed by atoms with E-state index < -0.39 is 0 Å². The van der Waals surface area contributed by atoms with Crippen LogP contribution < -0.4 is 5.32 Å². The largest absolute Gasteiger partial charge is 0.388 e. The van der Waals surface area contributed by atoms with Crippen LogP contribution in [0.25, 0.3) is 0 Å². The summed E-state index contributed by atoms with van der Waals surface area (Å²) in [5.41, 5.74) is 5.55. The van der Waals surface area contributed by atoms with Gasteiger partial charge < -0.3 is 5.32 Å². The fraction of sp³-hybridized carbons (Fsp3) is 0.667. The molecule has 1 aromatic carbocycles. The second-order valence-electron chi connectivity index (χ2n) is 4.88. The lowest BCUT2D eigenvalue weighted by molar-refractivity contribution is 0.834. The molecule has 0 heterocycles. The van der Waals surface area contributed by atoms with E-state index in [9.17, 15) is 0 Å². The first-order chi connectivity index (χ1) is 8.97. The molecule has 0 radical (unpaired) electrons. The SMILES string of the molecule is CC.CC.CNc1c(C(C)C)cc(C)cc1C(C)C. The van der Waals surface area contributed by atoms with Gasteiger partial charge in [-0.3, -0.25) is 0 Å². The molecule has 1 rings (SSSR count). The van der Waals surface area contributed by atoms with E-state index in [0.29, 0.717) is 11.8 Å². The molecule has 0 atom stereocenters. The number of benzene rings is 1. The van der Waals surface area contributed by atoms with Gasteiger partial charge in [-0.1, -0.05) is 73.1 Å². The summed E-state index contributed by atoms with van der Waals surface area (Å²) < 4.78 is 0. The summed E-state index contributed by atoms with van der Waals surface area (Å²) in [4.78, 5) is 0. The maximum absolute atomic E-state index is 3.35. The van der Waals surface area contributed by atoms with Gasteiger partial charge in [0.15, 0.2) is 0 Å². The van der Waals surface area contributed by atoms with Gasteiger partial charge in [-0.15, -0.1) is 0 Å². The Kier molecular flexibility index (Phi) is 11.7. The van der Waals surface area contributed by atoms with Crippen LogP contribution in [0.5, 0.6) is 0 Å². The van der Waals surface area contributed by atoms with E-state index in [1.54, 1.807) is 0 Å². The molecule has 1 N–H and O–H groups in total. The smallest absolute Gasteiger partial charge is 0.0408 e. The number of anilines is 1. The van der Waals surface area contributed by atoms with Crippen LogP contribution in [0.4, 0.5) is 5.69 Å². The first-order valence-corrected chi connectivity index (χ1v) is 7.79. The van der Waals surface area contributed by atoms with Gasteiger partial charge in [-0.25, -0.2) is 0 Å². The van der Waals surface area contributed by atoms with Crippen molar-refractivity contribution >= 4 is 5.69 Å². The Morgan fingerprint density at radius 1 is 0.789 bits per heavy atom. The van der Waals surface area contributed by atoms with Crippen molar-refractivity contribution in [3.05, 3.63) is 28.8 Å². The summed E-state index contributed by atoms with van der Waals surface area (Å²) in [6, 6.07) is 4.59. The third kappa shape index (κ3) is 6.13. The summed E-state index contributed by atoms with van der Waals surface area (Å²) in [5.74, 6) is 1.15. The van der Waals surface area contributed by atoms with Gasteiger partial charge in [0, 0.05) is 12.7 Å². The van der Waals surface area contributed by atoms with Crippen molar-refractivity contribution in [1.82, 2.24) is 0 Å². The molecular formula is C18H35N. The number of nitrogens with one attached hydrogen (secondary N) is 1. The van der Waals surface area contributed by atoms with Crippen LogP contribution in [0.1, 0.15) is 83.9 Å². The highest BCUT2D eigenvalue weighted by atomic mass is 14.8. The number of rotatable bonds is 3. The topological polar surface area (TPSA) is 12.0 Å². The molecule has 0 spiro atoms. The van der Waals surface area contributed by atoms with Crippen molar-refractivity contribution in [2.45, 2.75) is 74.1 Å². The van der Waals surface area contributed by atoms with Crippen LogP contribution in [0.15, 0.2) is 12.1 Å². The average Bonchev–Trinajstić information content (AvgIpc) is 2.42. The summed E-state index contributed by atoms with van der Waals surface area (Å²) in [6.45, 7) is 19.2. The van der Waals surface area contributed by atoms with E-state index in [2.05, 4.69) is 52.1 Å². The van der Waals surface area contributed by atoms with Gasteiger partial charge in [0.05, 0.1) is 0 Å². The second kappa shape index (κ2) is 10.9. The maximum Gasteiger partial charge on any atom is 0.0408 e. The Hall–Kier alpha value is -0.980. The predicted octanol–water partition coefficient (Wildman–Crippen LogP) is 6.34. The zero-order valence-electron chi connectivity index (χ0n) is 14.8. The summed E-state index contributed by atoms with van der Waals surface area (Å²) in [5, 5.41) is 3.35. The van der Waals surface area contributed by atoms with Crippen LogP contribution >= 0.6 is 0 Å². The normalized spacial score (nSPS) is 9.47. The Morgan fingerprint density at radius 3 is 1.32 bits per heavy atom. The maximum atomic E-state index is 3.35. The van der Waals surface area contributed by atoms with Crippen molar-refractivity contribution in [3.8, 4) is 0 Å². The highest BCUT2D eigenvalue weighted by Crippen LogP contribution is 2.33. The second-order valence-corrected chi connectivity index (χ2v) is 4.88. The van der Waals surface area contributed by atoms with Crippen molar-refractivity contribution in [2.75, 3.05) is 12.4 Å². The number of hydrogen-bond acceptors (Lipinski definition) is 1. The van der Waals surface area contributed by atoms with E-state index >= 15 is 0 Å². The lowest BCUT2D eigenvalue weighted by atomic mass is 9.90. The molecule has 0 aliphatic rings. The standard InChI is InChI=1S/C14H23N.2C2H6/c1-9(2)12-7-11(5)8-13(10(3)4)14(12)15-6;2*1-2/h7-10,15H,1-6H3;2*1-2H3. The molecular weight excluding hydrogens is 230 g/mol. The molecule has 1 heteroatoms. The number of hydrogen-bond donors (Lipinski definition) is 1. The van der Waals surface area contributed by atoms with Gasteiger partial charge >= 0.3 is 0 Å². The minimum absolute atomic E-state index is 0.574. The lowest BCUT2D eigenvalue weighted by Gasteiger charge is -2.20. The third-order valence-corrected chi connectivity index (χ3v) is 2.84. The average molecular weight is 265 g/mol. The Labute approximate surface area is 121 Å². The minimum Gasteiger partial charge on any atom is -0.388 e. The van der Waals surface area contributed by atoms with Crippen molar-refractivity contribution in [3.63, 3.8) is 0 Å².